The smallest absolute Gasteiger partial charge is 0.257 e. The van der Waals surface area contributed by atoms with E-state index in [1.54, 1.807) is 24.3 Å². The molecule has 0 aliphatic rings. The van der Waals surface area contributed by atoms with Gasteiger partial charge in [0.05, 0.1) is 10.6 Å². The highest BCUT2D eigenvalue weighted by molar-refractivity contribution is 6.34. The number of fused-ring (bicyclic) bond motifs is 1. The number of halogens is 1. The van der Waals surface area contributed by atoms with Gasteiger partial charge in [-0.05, 0) is 36.4 Å². The monoisotopic (exact) mass is 270 g/mol. The molecule has 0 aliphatic carbocycles. The lowest BCUT2D eigenvalue weighted by atomic mass is 10.2. The molecule has 3 rings (SSSR count). The van der Waals surface area contributed by atoms with Gasteiger partial charge in [0.2, 0.25) is 0 Å². The average Bonchev–Trinajstić information content (AvgIpc) is 2.86. The van der Waals surface area contributed by atoms with Crippen molar-refractivity contribution in [3.63, 3.8) is 0 Å². The van der Waals surface area contributed by atoms with Gasteiger partial charge in [0.1, 0.15) is 0 Å². The van der Waals surface area contributed by atoms with E-state index in [1.165, 1.54) is 0 Å². The molecule has 0 radical (unpaired) electrons. The van der Waals surface area contributed by atoms with Crippen molar-refractivity contribution in [2.24, 2.45) is 0 Å². The van der Waals surface area contributed by atoms with Crippen LogP contribution >= 0.6 is 11.6 Å². The first-order chi connectivity index (χ1) is 9.24. The molecule has 1 heterocycles. The van der Waals surface area contributed by atoms with E-state index in [2.05, 4.69) is 10.3 Å². The number of aromatic nitrogens is 1. The Balaban J connectivity index is 1.88. The molecule has 0 saturated heterocycles. The molecular weight excluding hydrogens is 260 g/mol. The van der Waals surface area contributed by atoms with Crippen LogP contribution in [0.25, 0.3) is 10.9 Å². The van der Waals surface area contributed by atoms with E-state index in [0.717, 1.165) is 16.6 Å². The standard InChI is InChI=1S/C15H11ClN2O/c16-13-4-2-1-3-12(13)15(19)18-11-5-6-14-10(9-11)7-8-17-14/h1-9,17H,(H,18,19). The number of carbonyl (C=O) groups is 1. The SMILES string of the molecule is O=C(Nc1ccc2[nH]ccc2c1)c1ccccc1Cl. The molecule has 2 N–H and O–H groups in total. The predicted octanol–water partition coefficient (Wildman–Crippen LogP) is 4.07. The second kappa shape index (κ2) is 4.78. The number of H-pyrrole nitrogens is 1. The largest absolute Gasteiger partial charge is 0.361 e. The highest BCUT2D eigenvalue weighted by Gasteiger charge is 2.09. The van der Waals surface area contributed by atoms with Crippen LogP contribution in [0.4, 0.5) is 5.69 Å². The van der Waals surface area contributed by atoms with E-state index in [9.17, 15) is 4.79 Å². The summed E-state index contributed by atoms with van der Waals surface area (Å²) >= 11 is 6.00. The van der Waals surface area contributed by atoms with Crippen LogP contribution in [-0.4, -0.2) is 10.9 Å². The van der Waals surface area contributed by atoms with Crippen LogP contribution in [0.2, 0.25) is 5.02 Å². The maximum Gasteiger partial charge on any atom is 0.257 e. The molecule has 19 heavy (non-hydrogen) atoms. The molecule has 0 unspecified atom stereocenters. The zero-order valence-corrected chi connectivity index (χ0v) is 10.7. The lowest BCUT2D eigenvalue weighted by Gasteiger charge is -2.06. The van der Waals surface area contributed by atoms with Crippen molar-refractivity contribution >= 4 is 34.1 Å². The fourth-order valence-electron chi connectivity index (χ4n) is 1.97. The summed E-state index contributed by atoms with van der Waals surface area (Å²) in [7, 11) is 0. The van der Waals surface area contributed by atoms with Gasteiger partial charge in [-0.2, -0.15) is 0 Å². The number of amides is 1. The summed E-state index contributed by atoms with van der Waals surface area (Å²) in [5.41, 5.74) is 2.26. The maximum atomic E-state index is 12.1. The number of hydrogen-bond donors (Lipinski definition) is 2. The van der Waals surface area contributed by atoms with Crippen molar-refractivity contribution in [1.29, 1.82) is 0 Å². The fourth-order valence-corrected chi connectivity index (χ4v) is 2.20. The Hall–Kier alpha value is -2.26. The predicted molar refractivity (Wildman–Crippen MR) is 77.7 cm³/mol. The quantitative estimate of drug-likeness (QED) is 0.724. The molecule has 0 fully saturated rings. The topological polar surface area (TPSA) is 44.9 Å². The third-order valence-corrected chi connectivity index (χ3v) is 3.26. The highest BCUT2D eigenvalue weighted by Crippen LogP contribution is 2.20. The third-order valence-electron chi connectivity index (χ3n) is 2.93. The summed E-state index contributed by atoms with van der Waals surface area (Å²) < 4.78 is 0. The van der Waals surface area contributed by atoms with Gasteiger partial charge in [-0.1, -0.05) is 23.7 Å². The van der Waals surface area contributed by atoms with Crippen molar-refractivity contribution in [3.05, 3.63) is 65.3 Å². The molecule has 1 aromatic heterocycles. The van der Waals surface area contributed by atoms with Crippen LogP contribution < -0.4 is 5.32 Å². The summed E-state index contributed by atoms with van der Waals surface area (Å²) in [5, 5.41) is 4.34. The minimum atomic E-state index is -0.208. The summed E-state index contributed by atoms with van der Waals surface area (Å²) in [4.78, 5) is 15.2. The molecule has 0 spiro atoms. The first-order valence-electron chi connectivity index (χ1n) is 5.87. The summed E-state index contributed by atoms with van der Waals surface area (Å²) in [6, 6.07) is 14.6. The lowest BCUT2D eigenvalue weighted by Crippen LogP contribution is -2.12. The molecule has 94 valence electrons. The number of carbonyl (C=O) groups excluding carboxylic acids is 1. The zero-order chi connectivity index (χ0) is 13.2. The second-order valence-electron chi connectivity index (χ2n) is 4.21. The van der Waals surface area contributed by atoms with Gasteiger partial charge in [-0.3, -0.25) is 4.79 Å². The van der Waals surface area contributed by atoms with Gasteiger partial charge in [0.15, 0.2) is 0 Å². The highest BCUT2D eigenvalue weighted by atomic mass is 35.5. The van der Waals surface area contributed by atoms with Gasteiger partial charge in [-0.15, -0.1) is 0 Å². The van der Waals surface area contributed by atoms with E-state index >= 15 is 0 Å². The Bertz CT molecular complexity index is 748. The normalized spacial score (nSPS) is 10.6. The minimum absolute atomic E-state index is 0.208. The van der Waals surface area contributed by atoms with Crippen LogP contribution in [0.3, 0.4) is 0 Å². The van der Waals surface area contributed by atoms with Gasteiger partial charge in [0.25, 0.3) is 5.91 Å². The van der Waals surface area contributed by atoms with Crippen LogP contribution in [0.5, 0.6) is 0 Å². The molecule has 3 aromatic rings. The summed E-state index contributed by atoms with van der Waals surface area (Å²) in [5.74, 6) is -0.208. The number of nitrogens with one attached hydrogen (secondary N) is 2. The number of hydrogen-bond acceptors (Lipinski definition) is 1. The minimum Gasteiger partial charge on any atom is -0.361 e. The molecule has 1 amide bonds. The van der Waals surface area contributed by atoms with Gasteiger partial charge in [-0.25, -0.2) is 0 Å². The second-order valence-corrected chi connectivity index (χ2v) is 4.62. The Kier molecular flexibility index (Phi) is 2.97. The average molecular weight is 271 g/mol. The van der Waals surface area contributed by atoms with Crippen LogP contribution in [0.1, 0.15) is 10.4 Å². The van der Waals surface area contributed by atoms with Gasteiger partial charge < -0.3 is 10.3 Å². The van der Waals surface area contributed by atoms with Crippen LogP contribution in [-0.2, 0) is 0 Å². The van der Waals surface area contributed by atoms with Crippen molar-refractivity contribution in [2.45, 2.75) is 0 Å². The Morgan fingerprint density at radius 1 is 1.11 bits per heavy atom. The first kappa shape index (κ1) is 11.8. The molecular formula is C15H11ClN2O. The van der Waals surface area contributed by atoms with Crippen LogP contribution in [0, 0.1) is 0 Å². The molecule has 2 aromatic carbocycles. The molecule has 0 atom stereocenters. The van der Waals surface area contributed by atoms with E-state index < -0.39 is 0 Å². The van der Waals surface area contributed by atoms with Gasteiger partial charge >= 0.3 is 0 Å². The van der Waals surface area contributed by atoms with Gasteiger partial charge in [0, 0.05) is 22.8 Å². The number of aromatic amines is 1. The molecule has 4 heteroatoms. The van der Waals surface area contributed by atoms with E-state index in [1.807, 2.05) is 30.5 Å². The Labute approximate surface area is 115 Å². The number of rotatable bonds is 2. The molecule has 3 nitrogen and oxygen atoms in total. The first-order valence-corrected chi connectivity index (χ1v) is 6.25. The Morgan fingerprint density at radius 3 is 2.79 bits per heavy atom. The summed E-state index contributed by atoms with van der Waals surface area (Å²) in [6.07, 6.45) is 1.87. The maximum absolute atomic E-state index is 12.1. The summed E-state index contributed by atoms with van der Waals surface area (Å²) in [6.45, 7) is 0. The van der Waals surface area contributed by atoms with Crippen molar-refractivity contribution in [1.82, 2.24) is 4.98 Å². The van der Waals surface area contributed by atoms with Crippen molar-refractivity contribution in [3.8, 4) is 0 Å². The van der Waals surface area contributed by atoms with E-state index in [0.29, 0.717) is 10.6 Å². The van der Waals surface area contributed by atoms with E-state index in [-0.39, 0.29) is 5.91 Å². The number of benzene rings is 2. The van der Waals surface area contributed by atoms with Crippen LogP contribution in [0.15, 0.2) is 54.7 Å². The third kappa shape index (κ3) is 2.33. The fraction of sp³-hybridized carbons (Fsp3) is 0. The Morgan fingerprint density at radius 2 is 1.95 bits per heavy atom. The molecule has 0 saturated carbocycles. The van der Waals surface area contributed by atoms with Crippen molar-refractivity contribution in [2.75, 3.05) is 5.32 Å². The lowest BCUT2D eigenvalue weighted by molar-refractivity contribution is 0.102. The van der Waals surface area contributed by atoms with E-state index in [4.69, 9.17) is 11.6 Å². The number of anilines is 1. The zero-order valence-electron chi connectivity index (χ0n) is 9.98. The molecule has 0 aliphatic heterocycles. The van der Waals surface area contributed by atoms with Crippen molar-refractivity contribution < 1.29 is 4.79 Å². The molecule has 0 bridgehead atoms.